The summed E-state index contributed by atoms with van der Waals surface area (Å²) in [5, 5.41) is 13.3. The van der Waals surface area contributed by atoms with Gasteiger partial charge in [-0.25, -0.2) is 9.97 Å². The quantitative estimate of drug-likeness (QED) is 0.866. The summed E-state index contributed by atoms with van der Waals surface area (Å²) in [5.74, 6) is 1.67. The maximum Gasteiger partial charge on any atom is 0.218 e. The minimum absolute atomic E-state index is 0.177. The highest BCUT2D eigenvalue weighted by Gasteiger charge is 2.23. The van der Waals surface area contributed by atoms with Crippen LogP contribution in [0.25, 0.3) is 0 Å². The Morgan fingerprint density at radius 3 is 2.82 bits per heavy atom. The van der Waals surface area contributed by atoms with Crippen molar-refractivity contribution in [2.75, 3.05) is 25.1 Å². The molecule has 1 aliphatic carbocycles. The maximum atomic E-state index is 10.0. The van der Waals surface area contributed by atoms with Gasteiger partial charge in [-0.3, -0.25) is 0 Å². The Morgan fingerprint density at radius 2 is 2.00 bits per heavy atom. The first-order valence-corrected chi connectivity index (χ1v) is 8.29. The molecule has 2 heterocycles. The molecule has 1 saturated heterocycles. The number of nitrogens with one attached hydrogen (secondary N) is 1. The summed E-state index contributed by atoms with van der Waals surface area (Å²) in [7, 11) is 0. The zero-order valence-corrected chi connectivity index (χ0v) is 12.9. The van der Waals surface area contributed by atoms with E-state index in [0.29, 0.717) is 11.8 Å². The van der Waals surface area contributed by atoms with Crippen molar-refractivity contribution >= 4 is 5.82 Å². The smallest absolute Gasteiger partial charge is 0.218 e. The number of rotatable bonds is 5. The standard InChI is InChI=1S/C16H25N3O3/c20-14-4-2-1-3-12(14)10-17-15-9-16(19-11-18-15)22-13-5-7-21-8-6-13/h9,11-14,20H,1-8,10H2,(H,17,18,19)/t12-,14+/m1/s1. The lowest BCUT2D eigenvalue weighted by Crippen LogP contribution is -2.30. The van der Waals surface area contributed by atoms with Crippen LogP contribution in [0.2, 0.25) is 0 Å². The van der Waals surface area contributed by atoms with Crippen LogP contribution in [0.5, 0.6) is 5.88 Å². The fourth-order valence-electron chi connectivity index (χ4n) is 3.13. The van der Waals surface area contributed by atoms with E-state index in [0.717, 1.165) is 57.7 Å². The molecular weight excluding hydrogens is 282 g/mol. The van der Waals surface area contributed by atoms with Crippen molar-refractivity contribution in [1.82, 2.24) is 9.97 Å². The molecule has 3 rings (SSSR count). The molecule has 6 heteroatoms. The van der Waals surface area contributed by atoms with Gasteiger partial charge >= 0.3 is 0 Å². The fraction of sp³-hybridized carbons (Fsp3) is 0.750. The van der Waals surface area contributed by atoms with Crippen LogP contribution in [-0.2, 0) is 4.74 Å². The van der Waals surface area contributed by atoms with E-state index in [-0.39, 0.29) is 12.2 Å². The second-order valence-electron chi connectivity index (χ2n) is 6.16. The van der Waals surface area contributed by atoms with Crippen molar-refractivity contribution in [3.05, 3.63) is 12.4 Å². The van der Waals surface area contributed by atoms with Gasteiger partial charge < -0.3 is 19.9 Å². The van der Waals surface area contributed by atoms with Crippen LogP contribution in [0.1, 0.15) is 38.5 Å². The Bertz CT molecular complexity index is 466. The summed E-state index contributed by atoms with van der Waals surface area (Å²) in [6, 6.07) is 1.84. The van der Waals surface area contributed by atoms with E-state index in [9.17, 15) is 5.11 Å². The van der Waals surface area contributed by atoms with Crippen molar-refractivity contribution in [2.24, 2.45) is 5.92 Å². The Morgan fingerprint density at radius 1 is 1.18 bits per heavy atom. The van der Waals surface area contributed by atoms with Gasteiger partial charge in [0.15, 0.2) is 0 Å². The van der Waals surface area contributed by atoms with Crippen molar-refractivity contribution in [1.29, 1.82) is 0 Å². The van der Waals surface area contributed by atoms with Crippen molar-refractivity contribution in [3.63, 3.8) is 0 Å². The molecule has 2 atom stereocenters. The molecule has 1 saturated carbocycles. The van der Waals surface area contributed by atoms with Gasteiger partial charge in [-0.1, -0.05) is 12.8 Å². The first-order valence-electron chi connectivity index (χ1n) is 8.29. The molecule has 1 aromatic rings. The number of nitrogens with zero attached hydrogens (tertiary/aromatic N) is 2. The van der Waals surface area contributed by atoms with E-state index in [1.165, 1.54) is 12.7 Å². The van der Waals surface area contributed by atoms with Gasteiger partial charge in [-0.05, 0) is 12.8 Å². The third-order valence-electron chi connectivity index (χ3n) is 4.51. The minimum Gasteiger partial charge on any atom is -0.474 e. The molecular formula is C16H25N3O3. The van der Waals surface area contributed by atoms with E-state index in [2.05, 4.69) is 15.3 Å². The van der Waals surface area contributed by atoms with E-state index >= 15 is 0 Å². The molecule has 2 fully saturated rings. The summed E-state index contributed by atoms with van der Waals surface area (Å²) < 4.78 is 11.2. The fourth-order valence-corrected chi connectivity index (χ4v) is 3.13. The third kappa shape index (κ3) is 4.30. The molecule has 22 heavy (non-hydrogen) atoms. The predicted molar refractivity (Wildman–Crippen MR) is 83.0 cm³/mol. The average molecular weight is 307 g/mol. The highest BCUT2D eigenvalue weighted by molar-refractivity contribution is 5.37. The molecule has 122 valence electrons. The summed E-state index contributed by atoms with van der Waals surface area (Å²) in [5.41, 5.74) is 0. The lowest BCUT2D eigenvalue weighted by Gasteiger charge is -2.27. The monoisotopic (exact) mass is 307 g/mol. The number of hydrogen-bond donors (Lipinski definition) is 2. The zero-order chi connectivity index (χ0) is 15.2. The minimum atomic E-state index is -0.193. The van der Waals surface area contributed by atoms with Gasteiger partial charge in [-0.2, -0.15) is 0 Å². The van der Waals surface area contributed by atoms with E-state index in [1.54, 1.807) is 0 Å². The molecule has 1 aromatic heterocycles. The number of ether oxygens (including phenoxy) is 2. The van der Waals surface area contributed by atoms with E-state index in [1.807, 2.05) is 6.07 Å². The van der Waals surface area contributed by atoms with E-state index < -0.39 is 0 Å². The summed E-state index contributed by atoms with van der Waals surface area (Å²) in [6.45, 7) is 2.25. The second-order valence-corrected chi connectivity index (χ2v) is 6.16. The van der Waals surface area contributed by atoms with Crippen LogP contribution in [-0.4, -0.2) is 47.0 Å². The molecule has 2 aliphatic rings. The maximum absolute atomic E-state index is 10.0. The number of aromatic nitrogens is 2. The molecule has 0 radical (unpaired) electrons. The molecule has 0 spiro atoms. The molecule has 6 nitrogen and oxygen atoms in total. The SMILES string of the molecule is O[C@H]1CCCC[C@@H]1CNc1cc(OC2CCOCC2)ncn1. The first-order chi connectivity index (χ1) is 10.8. The predicted octanol–water partition coefficient (Wildman–Crippen LogP) is 2.00. The Balaban J connectivity index is 1.52. The molecule has 1 aliphatic heterocycles. The number of anilines is 1. The van der Waals surface area contributed by atoms with Crippen LogP contribution in [0.15, 0.2) is 12.4 Å². The van der Waals surface area contributed by atoms with Gasteiger partial charge in [0.1, 0.15) is 18.2 Å². The topological polar surface area (TPSA) is 76.5 Å². The number of aliphatic hydroxyl groups excluding tert-OH is 1. The summed E-state index contributed by atoms with van der Waals surface area (Å²) in [6.07, 6.45) is 7.63. The first kappa shape index (κ1) is 15.5. The van der Waals surface area contributed by atoms with Gasteiger partial charge in [0, 0.05) is 31.4 Å². The Labute approximate surface area is 131 Å². The van der Waals surface area contributed by atoms with Crippen molar-refractivity contribution in [3.8, 4) is 5.88 Å². The Kier molecular flexibility index (Phi) is 5.45. The summed E-state index contributed by atoms with van der Waals surface area (Å²) >= 11 is 0. The van der Waals surface area contributed by atoms with Crippen LogP contribution < -0.4 is 10.1 Å². The van der Waals surface area contributed by atoms with Crippen molar-refractivity contribution in [2.45, 2.75) is 50.7 Å². The molecule has 0 unspecified atom stereocenters. The van der Waals surface area contributed by atoms with Gasteiger partial charge in [0.2, 0.25) is 5.88 Å². The van der Waals surface area contributed by atoms with Gasteiger partial charge in [0.05, 0.1) is 19.3 Å². The van der Waals surface area contributed by atoms with Gasteiger partial charge in [0.25, 0.3) is 0 Å². The zero-order valence-electron chi connectivity index (χ0n) is 12.9. The highest BCUT2D eigenvalue weighted by Crippen LogP contribution is 2.25. The largest absolute Gasteiger partial charge is 0.474 e. The lowest BCUT2D eigenvalue weighted by atomic mass is 9.86. The van der Waals surface area contributed by atoms with Gasteiger partial charge in [-0.15, -0.1) is 0 Å². The number of hydrogen-bond acceptors (Lipinski definition) is 6. The molecule has 0 bridgehead atoms. The number of aliphatic hydroxyl groups is 1. The van der Waals surface area contributed by atoms with Crippen LogP contribution in [0.4, 0.5) is 5.82 Å². The van der Waals surface area contributed by atoms with Crippen molar-refractivity contribution < 1.29 is 14.6 Å². The average Bonchev–Trinajstić information content (AvgIpc) is 2.55. The Hall–Kier alpha value is -1.40. The molecule has 0 amide bonds. The van der Waals surface area contributed by atoms with E-state index in [4.69, 9.17) is 9.47 Å². The van der Waals surface area contributed by atoms with Crippen LogP contribution >= 0.6 is 0 Å². The molecule has 0 aromatic carbocycles. The summed E-state index contributed by atoms with van der Waals surface area (Å²) in [4.78, 5) is 8.41. The molecule has 2 N–H and O–H groups in total. The second kappa shape index (κ2) is 7.74. The van der Waals surface area contributed by atoms with Crippen LogP contribution in [0.3, 0.4) is 0 Å². The lowest BCUT2D eigenvalue weighted by molar-refractivity contribution is 0.0237. The third-order valence-corrected chi connectivity index (χ3v) is 4.51. The normalized spacial score (nSPS) is 26.6. The highest BCUT2D eigenvalue weighted by atomic mass is 16.5. The van der Waals surface area contributed by atoms with Crippen LogP contribution in [0, 0.1) is 5.92 Å².